The quantitative estimate of drug-likeness (QED) is 0.401. The van der Waals surface area contributed by atoms with Crippen molar-refractivity contribution in [1.82, 2.24) is 24.8 Å². The van der Waals surface area contributed by atoms with E-state index in [9.17, 15) is 9.59 Å². The Morgan fingerprint density at radius 1 is 1.14 bits per heavy atom. The van der Waals surface area contributed by atoms with Gasteiger partial charge in [0, 0.05) is 31.4 Å². The summed E-state index contributed by atoms with van der Waals surface area (Å²) in [5.41, 5.74) is 4.20. The van der Waals surface area contributed by atoms with Crippen molar-refractivity contribution in [3.63, 3.8) is 0 Å². The zero-order valence-electron chi connectivity index (χ0n) is 21.2. The van der Waals surface area contributed by atoms with Crippen LogP contribution in [0.25, 0.3) is 22.2 Å². The van der Waals surface area contributed by atoms with Gasteiger partial charge in [0.25, 0.3) is 5.56 Å². The lowest BCUT2D eigenvalue weighted by Gasteiger charge is -2.32. The Morgan fingerprint density at radius 3 is 2.68 bits per heavy atom. The highest BCUT2D eigenvalue weighted by Gasteiger charge is 2.24. The fraction of sp³-hybridized carbons (Fsp3) is 0.321. The second-order valence-corrected chi connectivity index (χ2v) is 9.28. The molecule has 4 heterocycles. The van der Waals surface area contributed by atoms with Gasteiger partial charge in [0.15, 0.2) is 0 Å². The maximum Gasteiger partial charge on any atom is 0.259 e. The molecule has 1 amide bonds. The molecule has 1 fully saturated rings. The van der Waals surface area contributed by atoms with Crippen LogP contribution in [0, 0.1) is 6.92 Å². The van der Waals surface area contributed by atoms with Gasteiger partial charge in [-0.3, -0.25) is 14.6 Å². The number of carbonyl (C=O) groups is 1. The first-order valence-corrected chi connectivity index (χ1v) is 12.5. The van der Waals surface area contributed by atoms with Crippen LogP contribution in [0.2, 0.25) is 0 Å². The smallest absolute Gasteiger partial charge is 0.259 e. The summed E-state index contributed by atoms with van der Waals surface area (Å²) >= 11 is 0. The van der Waals surface area contributed by atoms with E-state index in [0.717, 1.165) is 37.0 Å². The standard InChI is InChI=1S/C28H30N6O3/c1-4-25(35)34-11-8-18(9-12-34)21-6-5-20(13-17(21)2)31-27-26-19(7-10-30-28(26)36)14-22(33-27)23-15-29-16-24(32-23)37-3/h5-7,10,13-16,18H,4,8-9,11-12H2,1-3H3,(H,30,36)(H,31,33). The first kappa shape index (κ1) is 24.4. The number of aryl methyl sites for hydroxylation is 1. The molecule has 0 atom stereocenters. The van der Waals surface area contributed by atoms with E-state index < -0.39 is 0 Å². The third-order valence-corrected chi connectivity index (χ3v) is 6.96. The molecule has 1 aliphatic rings. The molecule has 0 radical (unpaired) electrons. The largest absolute Gasteiger partial charge is 0.480 e. The number of fused-ring (bicyclic) bond motifs is 1. The Morgan fingerprint density at radius 2 is 1.95 bits per heavy atom. The highest BCUT2D eigenvalue weighted by molar-refractivity contribution is 5.94. The Hall–Kier alpha value is -4.27. The summed E-state index contributed by atoms with van der Waals surface area (Å²) < 4.78 is 5.22. The third-order valence-electron chi connectivity index (χ3n) is 6.96. The van der Waals surface area contributed by atoms with Gasteiger partial charge in [-0.2, -0.15) is 0 Å². The summed E-state index contributed by atoms with van der Waals surface area (Å²) in [6.45, 7) is 5.62. The number of anilines is 2. The van der Waals surface area contributed by atoms with Gasteiger partial charge in [-0.1, -0.05) is 13.0 Å². The lowest BCUT2D eigenvalue weighted by Crippen LogP contribution is -2.37. The number of nitrogens with one attached hydrogen (secondary N) is 2. The van der Waals surface area contributed by atoms with Crippen LogP contribution < -0.4 is 15.6 Å². The predicted molar refractivity (Wildman–Crippen MR) is 143 cm³/mol. The number of pyridine rings is 2. The van der Waals surface area contributed by atoms with Crippen LogP contribution in [0.3, 0.4) is 0 Å². The number of methoxy groups -OCH3 is 1. The van der Waals surface area contributed by atoms with Crippen molar-refractivity contribution < 1.29 is 9.53 Å². The van der Waals surface area contributed by atoms with Crippen LogP contribution in [0.15, 0.2) is 53.7 Å². The Balaban J connectivity index is 1.45. The second kappa shape index (κ2) is 10.4. The van der Waals surface area contributed by atoms with Crippen molar-refractivity contribution in [2.45, 2.75) is 39.0 Å². The molecule has 0 bridgehead atoms. The number of carbonyl (C=O) groups excluding carboxylic acids is 1. The van der Waals surface area contributed by atoms with Crippen LogP contribution >= 0.6 is 0 Å². The second-order valence-electron chi connectivity index (χ2n) is 9.28. The van der Waals surface area contributed by atoms with Gasteiger partial charge < -0.3 is 19.9 Å². The molecule has 0 spiro atoms. The van der Waals surface area contributed by atoms with Crippen molar-refractivity contribution >= 4 is 28.2 Å². The molecule has 1 saturated heterocycles. The zero-order valence-corrected chi connectivity index (χ0v) is 21.2. The van der Waals surface area contributed by atoms with E-state index >= 15 is 0 Å². The summed E-state index contributed by atoms with van der Waals surface area (Å²) in [7, 11) is 1.54. The molecule has 0 unspecified atom stereocenters. The van der Waals surface area contributed by atoms with E-state index in [0.29, 0.717) is 40.8 Å². The van der Waals surface area contributed by atoms with Crippen molar-refractivity contribution in [3.8, 4) is 17.3 Å². The number of aromatic amines is 1. The van der Waals surface area contributed by atoms with E-state index in [1.165, 1.54) is 24.4 Å². The minimum Gasteiger partial charge on any atom is -0.480 e. The Kier molecular flexibility index (Phi) is 6.85. The summed E-state index contributed by atoms with van der Waals surface area (Å²) in [6, 6.07) is 9.91. The first-order chi connectivity index (χ1) is 18.0. The summed E-state index contributed by atoms with van der Waals surface area (Å²) in [4.78, 5) is 42.9. The maximum atomic E-state index is 12.8. The van der Waals surface area contributed by atoms with Crippen LogP contribution in [-0.4, -0.2) is 50.9 Å². The van der Waals surface area contributed by atoms with Gasteiger partial charge in [0.05, 0.1) is 30.6 Å². The number of amides is 1. The van der Waals surface area contributed by atoms with Gasteiger partial charge in [-0.25, -0.2) is 9.97 Å². The van der Waals surface area contributed by atoms with Crippen molar-refractivity contribution in [2.75, 3.05) is 25.5 Å². The van der Waals surface area contributed by atoms with E-state index in [1.807, 2.05) is 30.0 Å². The number of nitrogens with zero attached hydrogens (tertiary/aromatic N) is 4. The van der Waals surface area contributed by atoms with E-state index in [4.69, 9.17) is 9.72 Å². The highest BCUT2D eigenvalue weighted by Crippen LogP contribution is 2.33. The van der Waals surface area contributed by atoms with Gasteiger partial charge in [0.1, 0.15) is 11.5 Å². The van der Waals surface area contributed by atoms with Crippen molar-refractivity contribution in [3.05, 3.63) is 70.4 Å². The van der Waals surface area contributed by atoms with E-state index in [2.05, 4.69) is 39.3 Å². The number of ether oxygens (including phenoxy) is 1. The summed E-state index contributed by atoms with van der Waals surface area (Å²) in [5.74, 6) is 1.48. The van der Waals surface area contributed by atoms with Gasteiger partial charge in [-0.05, 0) is 66.5 Å². The number of aromatic nitrogens is 4. The number of H-pyrrole nitrogens is 1. The SMILES string of the molecule is CCC(=O)N1CCC(c2ccc(Nc3nc(-c4cncc(OC)n4)cc4cc[nH]c(=O)c34)cc2C)CC1. The van der Waals surface area contributed by atoms with E-state index in [-0.39, 0.29) is 11.5 Å². The molecule has 4 aromatic rings. The molecule has 1 aromatic carbocycles. The van der Waals surface area contributed by atoms with Crippen LogP contribution in [0.4, 0.5) is 11.5 Å². The fourth-order valence-corrected chi connectivity index (χ4v) is 5.02. The number of hydrogen-bond donors (Lipinski definition) is 2. The topological polar surface area (TPSA) is 113 Å². The minimum absolute atomic E-state index is 0.225. The first-order valence-electron chi connectivity index (χ1n) is 12.5. The number of likely N-dealkylation sites (tertiary alicyclic amines) is 1. The Bertz CT molecular complexity index is 1510. The monoisotopic (exact) mass is 498 g/mol. The molecule has 37 heavy (non-hydrogen) atoms. The molecule has 3 aromatic heterocycles. The van der Waals surface area contributed by atoms with Crippen molar-refractivity contribution in [2.24, 2.45) is 0 Å². The highest BCUT2D eigenvalue weighted by atomic mass is 16.5. The number of piperidine rings is 1. The molecular weight excluding hydrogens is 468 g/mol. The van der Waals surface area contributed by atoms with Crippen LogP contribution in [0.1, 0.15) is 43.2 Å². The van der Waals surface area contributed by atoms with Gasteiger partial charge >= 0.3 is 0 Å². The number of rotatable bonds is 6. The van der Waals surface area contributed by atoms with Gasteiger partial charge in [0.2, 0.25) is 11.8 Å². The predicted octanol–water partition coefficient (Wildman–Crippen LogP) is 4.56. The fourth-order valence-electron chi connectivity index (χ4n) is 5.02. The molecule has 190 valence electrons. The minimum atomic E-state index is -0.225. The lowest BCUT2D eigenvalue weighted by atomic mass is 9.86. The average molecular weight is 499 g/mol. The molecule has 9 nitrogen and oxygen atoms in total. The zero-order chi connectivity index (χ0) is 25.9. The van der Waals surface area contributed by atoms with E-state index in [1.54, 1.807) is 12.4 Å². The molecular formula is C28H30N6O3. The lowest BCUT2D eigenvalue weighted by molar-refractivity contribution is -0.131. The molecule has 0 saturated carbocycles. The molecule has 5 rings (SSSR count). The maximum absolute atomic E-state index is 12.8. The molecule has 2 N–H and O–H groups in total. The van der Waals surface area contributed by atoms with Crippen LogP contribution in [-0.2, 0) is 4.79 Å². The van der Waals surface area contributed by atoms with Gasteiger partial charge in [-0.15, -0.1) is 0 Å². The van der Waals surface area contributed by atoms with Crippen LogP contribution in [0.5, 0.6) is 5.88 Å². The van der Waals surface area contributed by atoms with Crippen molar-refractivity contribution in [1.29, 1.82) is 0 Å². The molecule has 9 heteroatoms. The molecule has 0 aliphatic carbocycles. The third kappa shape index (κ3) is 5.02. The Labute approximate surface area is 214 Å². The normalized spacial score (nSPS) is 14.1. The molecule has 1 aliphatic heterocycles. The number of benzene rings is 1. The average Bonchev–Trinajstić information content (AvgIpc) is 2.93. The summed E-state index contributed by atoms with van der Waals surface area (Å²) in [6.07, 6.45) is 7.25. The number of hydrogen-bond acceptors (Lipinski definition) is 7. The summed E-state index contributed by atoms with van der Waals surface area (Å²) in [5, 5.41) is 4.57.